The summed E-state index contributed by atoms with van der Waals surface area (Å²) in [7, 11) is 0. The Morgan fingerprint density at radius 3 is 2.75 bits per heavy atom. The number of hydrogen-bond donors (Lipinski definition) is 4. The number of carbonyl (C=O) groups is 3. The van der Waals surface area contributed by atoms with Crippen LogP contribution in [0.4, 0.5) is 15.8 Å². The number of hydrogen-bond acceptors (Lipinski definition) is 7. The number of ether oxygens (including phenoxy) is 1. The lowest BCUT2D eigenvalue weighted by molar-refractivity contribution is -0.139. The van der Waals surface area contributed by atoms with Crippen LogP contribution in [0.1, 0.15) is 28.8 Å². The van der Waals surface area contributed by atoms with E-state index in [1.165, 1.54) is 12.3 Å². The Bertz CT molecular complexity index is 1280. The summed E-state index contributed by atoms with van der Waals surface area (Å²) >= 11 is 0. The van der Waals surface area contributed by atoms with Crippen LogP contribution in [0.25, 0.3) is 11.1 Å². The Kier molecular flexibility index (Phi) is 7.99. The fraction of sp³-hybridized carbons (Fsp3) is 0.231. The van der Waals surface area contributed by atoms with Crippen molar-refractivity contribution >= 4 is 29.2 Å². The summed E-state index contributed by atoms with van der Waals surface area (Å²) in [4.78, 5) is 40.3. The predicted octanol–water partition coefficient (Wildman–Crippen LogP) is 2.83. The highest BCUT2D eigenvalue weighted by molar-refractivity contribution is 6.05. The van der Waals surface area contributed by atoms with Gasteiger partial charge in [-0.15, -0.1) is 0 Å². The molecule has 4 rings (SSSR count). The topological polar surface area (TPSA) is 135 Å². The van der Waals surface area contributed by atoms with Crippen LogP contribution in [-0.4, -0.2) is 42.0 Å². The number of esters is 1. The van der Waals surface area contributed by atoms with Crippen molar-refractivity contribution in [1.82, 2.24) is 10.3 Å². The zero-order chi connectivity index (χ0) is 25.5. The number of pyridine rings is 1. The van der Waals surface area contributed by atoms with Gasteiger partial charge in [0.2, 0.25) is 5.91 Å². The summed E-state index contributed by atoms with van der Waals surface area (Å²) < 4.78 is 18.8. The molecule has 1 aliphatic heterocycles. The minimum Gasteiger partial charge on any atom is -0.464 e. The number of amides is 2. The van der Waals surface area contributed by atoms with E-state index >= 15 is 0 Å². The number of anilines is 2. The van der Waals surface area contributed by atoms with Crippen LogP contribution in [0.15, 0.2) is 60.9 Å². The molecule has 2 heterocycles. The number of halogens is 1. The molecule has 1 aliphatic rings. The average Bonchev–Trinajstić information content (AvgIpc) is 3.29. The first-order valence-electron chi connectivity index (χ1n) is 11.5. The van der Waals surface area contributed by atoms with Crippen molar-refractivity contribution in [2.75, 3.05) is 23.8 Å². The monoisotopic (exact) mass is 491 g/mol. The normalized spacial score (nSPS) is 14.8. The lowest BCUT2D eigenvalue weighted by Gasteiger charge is -2.13. The molecule has 9 nitrogen and oxygen atoms in total. The van der Waals surface area contributed by atoms with Crippen molar-refractivity contribution in [3.63, 3.8) is 0 Å². The van der Waals surface area contributed by atoms with E-state index in [-0.39, 0.29) is 36.6 Å². The van der Waals surface area contributed by atoms with Crippen molar-refractivity contribution in [3.05, 3.63) is 77.9 Å². The third-order valence-electron chi connectivity index (χ3n) is 5.75. The second-order valence-electron chi connectivity index (χ2n) is 8.23. The second kappa shape index (κ2) is 11.5. The molecule has 0 radical (unpaired) electrons. The molecule has 36 heavy (non-hydrogen) atoms. The van der Waals surface area contributed by atoms with Gasteiger partial charge in [0, 0.05) is 43.4 Å². The molecule has 0 spiro atoms. The summed E-state index contributed by atoms with van der Waals surface area (Å²) in [6.45, 7) is 0.976. The highest BCUT2D eigenvalue weighted by Gasteiger charge is 2.25. The van der Waals surface area contributed by atoms with Gasteiger partial charge in [0.15, 0.2) is 5.82 Å². The smallest absolute Gasteiger partial charge is 0.323 e. The summed E-state index contributed by atoms with van der Waals surface area (Å²) in [5.41, 5.74) is 9.14. The van der Waals surface area contributed by atoms with E-state index in [2.05, 4.69) is 20.9 Å². The maximum Gasteiger partial charge on any atom is 0.323 e. The molecule has 1 saturated heterocycles. The van der Waals surface area contributed by atoms with E-state index < -0.39 is 11.7 Å². The summed E-state index contributed by atoms with van der Waals surface area (Å²) in [5, 5.41) is 8.42. The third-order valence-corrected chi connectivity index (χ3v) is 5.75. The molecule has 1 aromatic heterocycles. The molecule has 0 bridgehead atoms. The average molecular weight is 492 g/mol. The first kappa shape index (κ1) is 25.0. The Labute approximate surface area is 207 Å². The first-order chi connectivity index (χ1) is 17.4. The van der Waals surface area contributed by atoms with Crippen molar-refractivity contribution in [2.45, 2.75) is 25.4 Å². The standard InChI is InChI=1S/C26H26FN5O4/c27-21-15-29-9-6-22(21)32-25(34)17-4-5-18(14-28)20(13-17)16-2-1-3-19(12-16)31-24(33)7-10-30-23-8-11-36-26(23)35/h1-6,9,12-13,15,23,30H,7-8,10-11,14,28H2,(H,31,33)(H,29,32,34). The molecule has 186 valence electrons. The first-order valence-corrected chi connectivity index (χ1v) is 11.5. The highest BCUT2D eigenvalue weighted by Crippen LogP contribution is 2.28. The summed E-state index contributed by atoms with van der Waals surface area (Å²) in [5.74, 6) is -1.61. The maximum absolute atomic E-state index is 13.9. The van der Waals surface area contributed by atoms with E-state index in [4.69, 9.17) is 10.5 Å². The minimum absolute atomic E-state index is 0.0310. The van der Waals surface area contributed by atoms with Gasteiger partial charge in [-0.3, -0.25) is 19.4 Å². The van der Waals surface area contributed by atoms with Gasteiger partial charge in [0.1, 0.15) is 6.04 Å². The van der Waals surface area contributed by atoms with E-state index in [1.807, 2.05) is 6.07 Å². The predicted molar refractivity (Wildman–Crippen MR) is 133 cm³/mol. The molecule has 5 N–H and O–H groups in total. The van der Waals surface area contributed by atoms with Gasteiger partial charge in [-0.05, 0) is 47.0 Å². The number of nitrogens with zero attached hydrogens (tertiary/aromatic N) is 1. The number of cyclic esters (lactones) is 1. The molecule has 1 atom stereocenters. The lowest BCUT2D eigenvalue weighted by Crippen LogP contribution is -2.35. The molecule has 1 fully saturated rings. The van der Waals surface area contributed by atoms with Gasteiger partial charge >= 0.3 is 5.97 Å². The van der Waals surface area contributed by atoms with Crippen molar-refractivity contribution in [1.29, 1.82) is 0 Å². The molecule has 3 aromatic rings. The van der Waals surface area contributed by atoms with Crippen molar-refractivity contribution in [3.8, 4) is 11.1 Å². The second-order valence-corrected chi connectivity index (χ2v) is 8.23. The number of aromatic nitrogens is 1. The van der Waals surface area contributed by atoms with E-state index in [0.29, 0.717) is 30.8 Å². The van der Waals surface area contributed by atoms with Crippen LogP contribution in [0.5, 0.6) is 0 Å². The number of rotatable bonds is 9. The van der Waals surface area contributed by atoms with E-state index in [9.17, 15) is 18.8 Å². The van der Waals surface area contributed by atoms with E-state index in [1.54, 1.807) is 36.4 Å². The lowest BCUT2D eigenvalue weighted by atomic mass is 9.96. The van der Waals surface area contributed by atoms with Gasteiger partial charge in [0.05, 0.1) is 18.5 Å². The van der Waals surface area contributed by atoms with Crippen LogP contribution in [0, 0.1) is 5.82 Å². The van der Waals surface area contributed by atoms with Crippen LogP contribution >= 0.6 is 0 Å². The SMILES string of the molecule is NCc1ccc(C(=O)Nc2ccncc2F)cc1-c1cccc(NC(=O)CCNC2CCOC2=O)c1. The quantitative estimate of drug-likeness (QED) is 0.338. The molecule has 2 amide bonds. The number of nitrogens with one attached hydrogen (secondary N) is 3. The fourth-order valence-electron chi connectivity index (χ4n) is 3.86. The molecule has 10 heteroatoms. The maximum atomic E-state index is 13.9. The van der Waals surface area contributed by atoms with Gasteiger partial charge in [0.25, 0.3) is 5.91 Å². The number of benzene rings is 2. The van der Waals surface area contributed by atoms with Crippen molar-refractivity contribution in [2.24, 2.45) is 5.73 Å². The van der Waals surface area contributed by atoms with Gasteiger partial charge in [-0.2, -0.15) is 0 Å². The van der Waals surface area contributed by atoms with Gasteiger partial charge in [-0.25, -0.2) is 4.39 Å². The Morgan fingerprint density at radius 2 is 2.00 bits per heavy atom. The summed E-state index contributed by atoms with van der Waals surface area (Å²) in [6, 6.07) is 13.3. The van der Waals surface area contributed by atoms with Crippen LogP contribution in [-0.2, 0) is 20.9 Å². The van der Waals surface area contributed by atoms with Crippen LogP contribution in [0.3, 0.4) is 0 Å². The minimum atomic E-state index is -0.633. The number of nitrogens with two attached hydrogens (primary N) is 1. The Hall–Kier alpha value is -4.15. The van der Waals surface area contributed by atoms with Gasteiger partial charge < -0.3 is 26.4 Å². The molecule has 2 aromatic carbocycles. The Balaban J connectivity index is 1.45. The molecule has 0 saturated carbocycles. The van der Waals surface area contributed by atoms with Crippen molar-refractivity contribution < 1.29 is 23.5 Å². The largest absolute Gasteiger partial charge is 0.464 e. The van der Waals surface area contributed by atoms with E-state index in [0.717, 1.165) is 22.9 Å². The third kappa shape index (κ3) is 6.09. The molecular formula is C26H26FN5O4. The zero-order valence-electron chi connectivity index (χ0n) is 19.4. The van der Waals surface area contributed by atoms with Crippen LogP contribution < -0.4 is 21.7 Å². The fourth-order valence-corrected chi connectivity index (χ4v) is 3.86. The number of carbonyl (C=O) groups excluding carboxylic acids is 3. The summed E-state index contributed by atoms with van der Waals surface area (Å²) in [6.07, 6.45) is 3.20. The zero-order valence-corrected chi connectivity index (χ0v) is 19.4. The molecule has 0 aliphatic carbocycles. The van der Waals surface area contributed by atoms with Gasteiger partial charge in [-0.1, -0.05) is 18.2 Å². The van der Waals surface area contributed by atoms with Crippen LogP contribution in [0.2, 0.25) is 0 Å². The highest BCUT2D eigenvalue weighted by atomic mass is 19.1. The molecular weight excluding hydrogens is 465 g/mol. The Morgan fingerprint density at radius 1 is 1.14 bits per heavy atom. The molecule has 1 unspecified atom stereocenters.